The van der Waals surface area contributed by atoms with Crippen LogP contribution in [0.3, 0.4) is 0 Å². The number of rotatable bonds is 4. The number of likely N-dealkylation sites (N-methyl/N-ethyl adjacent to an activating group) is 1. The van der Waals surface area contributed by atoms with Crippen molar-refractivity contribution in [2.75, 3.05) is 7.05 Å². The van der Waals surface area contributed by atoms with Crippen molar-refractivity contribution >= 4 is 0 Å². The molecule has 112 valence electrons. The van der Waals surface area contributed by atoms with Gasteiger partial charge in [-0.2, -0.15) is 0 Å². The van der Waals surface area contributed by atoms with Crippen molar-refractivity contribution in [2.24, 2.45) is 11.8 Å². The van der Waals surface area contributed by atoms with Gasteiger partial charge < -0.3 is 5.32 Å². The van der Waals surface area contributed by atoms with Crippen molar-refractivity contribution in [3.05, 3.63) is 35.6 Å². The third-order valence-corrected chi connectivity index (χ3v) is 5.13. The second-order valence-corrected chi connectivity index (χ2v) is 7.03. The fraction of sp³-hybridized carbons (Fsp3) is 0.667. The Morgan fingerprint density at radius 2 is 1.85 bits per heavy atom. The van der Waals surface area contributed by atoms with Gasteiger partial charge in [-0.05, 0) is 49.4 Å². The summed E-state index contributed by atoms with van der Waals surface area (Å²) in [5.74, 6) is 1.38. The van der Waals surface area contributed by atoms with Crippen LogP contribution in [0.25, 0.3) is 0 Å². The molecular formula is C18H28FN. The van der Waals surface area contributed by atoms with Crippen molar-refractivity contribution in [2.45, 2.75) is 57.9 Å². The molecule has 1 fully saturated rings. The van der Waals surface area contributed by atoms with Crippen LogP contribution in [0, 0.1) is 17.7 Å². The van der Waals surface area contributed by atoms with Crippen molar-refractivity contribution in [1.29, 1.82) is 0 Å². The van der Waals surface area contributed by atoms with E-state index in [0.717, 1.165) is 5.92 Å². The smallest absolute Gasteiger partial charge is 0.123 e. The molecule has 1 aromatic rings. The summed E-state index contributed by atoms with van der Waals surface area (Å²) in [6, 6.07) is 7.47. The molecule has 0 saturated heterocycles. The lowest BCUT2D eigenvalue weighted by Crippen LogP contribution is -2.49. The molecule has 1 saturated carbocycles. The van der Waals surface area contributed by atoms with Gasteiger partial charge in [0.1, 0.15) is 5.82 Å². The summed E-state index contributed by atoms with van der Waals surface area (Å²) >= 11 is 0. The van der Waals surface area contributed by atoms with Gasteiger partial charge in [-0.3, -0.25) is 0 Å². The first-order valence-electron chi connectivity index (χ1n) is 7.88. The van der Waals surface area contributed by atoms with Crippen molar-refractivity contribution in [3.63, 3.8) is 0 Å². The average molecular weight is 277 g/mol. The van der Waals surface area contributed by atoms with E-state index in [0.29, 0.717) is 12.0 Å². The van der Waals surface area contributed by atoms with Crippen LogP contribution in [-0.4, -0.2) is 13.1 Å². The van der Waals surface area contributed by atoms with Gasteiger partial charge in [0.2, 0.25) is 0 Å². The highest BCUT2D eigenvalue weighted by molar-refractivity contribution is 5.27. The summed E-state index contributed by atoms with van der Waals surface area (Å²) in [6.45, 7) is 6.92. The molecule has 0 spiro atoms. The van der Waals surface area contributed by atoms with E-state index >= 15 is 0 Å². The molecule has 0 aliphatic heterocycles. The van der Waals surface area contributed by atoms with Crippen LogP contribution in [0.4, 0.5) is 4.39 Å². The molecule has 0 heterocycles. The molecule has 1 nitrogen and oxygen atoms in total. The molecule has 2 rings (SSSR count). The van der Waals surface area contributed by atoms with E-state index < -0.39 is 0 Å². The largest absolute Gasteiger partial charge is 0.316 e. The van der Waals surface area contributed by atoms with Gasteiger partial charge in [-0.15, -0.1) is 0 Å². The molecule has 1 N–H and O–H groups in total. The van der Waals surface area contributed by atoms with Crippen LogP contribution in [0.15, 0.2) is 24.3 Å². The van der Waals surface area contributed by atoms with Gasteiger partial charge in [0.15, 0.2) is 0 Å². The van der Waals surface area contributed by atoms with Crippen LogP contribution < -0.4 is 5.32 Å². The predicted molar refractivity (Wildman–Crippen MR) is 83.4 cm³/mol. The maximum Gasteiger partial charge on any atom is 0.123 e. The summed E-state index contributed by atoms with van der Waals surface area (Å²) in [4.78, 5) is 0. The van der Waals surface area contributed by atoms with Gasteiger partial charge in [0.25, 0.3) is 0 Å². The fourth-order valence-corrected chi connectivity index (χ4v) is 4.03. The second-order valence-electron chi connectivity index (χ2n) is 7.03. The van der Waals surface area contributed by atoms with Gasteiger partial charge in [-0.1, -0.05) is 45.7 Å². The first kappa shape index (κ1) is 15.5. The Bertz CT molecular complexity index is 424. The third kappa shape index (κ3) is 3.22. The molecule has 1 aromatic carbocycles. The maximum atomic E-state index is 13.1. The van der Waals surface area contributed by atoms with E-state index in [1.807, 2.05) is 12.1 Å². The van der Waals surface area contributed by atoms with Crippen molar-refractivity contribution in [3.8, 4) is 0 Å². The minimum Gasteiger partial charge on any atom is -0.316 e. The SMILES string of the molecule is CNC(C1CCCC(C)C1)C(C)(C)c1ccc(F)cc1. The molecule has 0 radical (unpaired) electrons. The Morgan fingerprint density at radius 1 is 1.20 bits per heavy atom. The molecule has 3 atom stereocenters. The Morgan fingerprint density at radius 3 is 2.40 bits per heavy atom. The normalized spacial score (nSPS) is 25.4. The zero-order valence-corrected chi connectivity index (χ0v) is 13.2. The lowest BCUT2D eigenvalue weighted by molar-refractivity contribution is 0.176. The zero-order chi connectivity index (χ0) is 14.8. The number of benzene rings is 1. The highest BCUT2D eigenvalue weighted by Gasteiger charge is 2.37. The summed E-state index contributed by atoms with van der Waals surface area (Å²) in [5, 5.41) is 3.55. The van der Waals surface area contributed by atoms with E-state index in [-0.39, 0.29) is 11.2 Å². The van der Waals surface area contributed by atoms with Crippen LogP contribution in [0.2, 0.25) is 0 Å². The van der Waals surface area contributed by atoms with E-state index in [1.54, 1.807) is 12.1 Å². The topological polar surface area (TPSA) is 12.0 Å². The van der Waals surface area contributed by atoms with Crippen LogP contribution in [0.5, 0.6) is 0 Å². The molecule has 20 heavy (non-hydrogen) atoms. The standard InChI is InChI=1S/C18H28FN/c1-13-6-5-7-14(12-13)17(20-4)18(2,3)15-8-10-16(19)11-9-15/h8-11,13-14,17,20H,5-7,12H2,1-4H3. The first-order valence-corrected chi connectivity index (χ1v) is 7.88. The van der Waals surface area contributed by atoms with Gasteiger partial charge >= 0.3 is 0 Å². The molecule has 0 aromatic heterocycles. The Kier molecular flexibility index (Phi) is 4.85. The monoisotopic (exact) mass is 277 g/mol. The molecule has 0 bridgehead atoms. The molecular weight excluding hydrogens is 249 g/mol. The van der Waals surface area contributed by atoms with Crippen LogP contribution in [-0.2, 0) is 5.41 Å². The predicted octanol–water partition coefficient (Wildman–Crippen LogP) is 4.52. The van der Waals surface area contributed by atoms with Gasteiger partial charge in [0, 0.05) is 11.5 Å². The summed E-state index contributed by atoms with van der Waals surface area (Å²) < 4.78 is 13.1. The van der Waals surface area contributed by atoms with Crippen molar-refractivity contribution < 1.29 is 4.39 Å². The number of hydrogen-bond donors (Lipinski definition) is 1. The third-order valence-electron chi connectivity index (χ3n) is 5.13. The van der Waals surface area contributed by atoms with E-state index in [2.05, 4.69) is 33.1 Å². The lowest BCUT2D eigenvalue weighted by atomic mass is 9.67. The first-order chi connectivity index (χ1) is 9.45. The highest BCUT2D eigenvalue weighted by atomic mass is 19.1. The Balaban J connectivity index is 2.22. The number of nitrogens with one attached hydrogen (secondary N) is 1. The average Bonchev–Trinajstić information content (AvgIpc) is 2.40. The molecule has 3 unspecified atom stereocenters. The number of hydrogen-bond acceptors (Lipinski definition) is 1. The molecule has 1 aliphatic rings. The molecule has 1 aliphatic carbocycles. The highest BCUT2D eigenvalue weighted by Crippen LogP contribution is 2.38. The number of halogens is 1. The van der Waals surface area contributed by atoms with Crippen LogP contribution >= 0.6 is 0 Å². The molecule has 2 heteroatoms. The Hall–Kier alpha value is -0.890. The van der Waals surface area contributed by atoms with Crippen molar-refractivity contribution in [1.82, 2.24) is 5.32 Å². The lowest BCUT2D eigenvalue weighted by Gasteiger charge is -2.43. The maximum absolute atomic E-state index is 13.1. The summed E-state index contributed by atoms with van der Waals surface area (Å²) in [5.41, 5.74) is 1.24. The fourth-order valence-electron chi connectivity index (χ4n) is 4.03. The quantitative estimate of drug-likeness (QED) is 0.853. The van der Waals surface area contributed by atoms with Gasteiger partial charge in [-0.25, -0.2) is 4.39 Å². The summed E-state index contributed by atoms with van der Waals surface area (Å²) in [7, 11) is 2.06. The van der Waals surface area contributed by atoms with E-state index in [1.165, 1.54) is 31.2 Å². The minimum atomic E-state index is -0.156. The molecule has 0 amide bonds. The second kappa shape index (κ2) is 6.26. The zero-order valence-electron chi connectivity index (χ0n) is 13.2. The minimum absolute atomic E-state index is 0.0180. The van der Waals surface area contributed by atoms with E-state index in [4.69, 9.17) is 0 Å². The van der Waals surface area contributed by atoms with E-state index in [9.17, 15) is 4.39 Å². The van der Waals surface area contributed by atoms with Crippen LogP contribution in [0.1, 0.15) is 52.0 Å². The van der Waals surface area contributed by atoms with Gasteiger partial charge in [0.05, 0.1) is 0 Å². The Labute approximate surface area is 123 Å². The summed E-state index contributed by atoms with van der Waals surface area (Å²) in [6.07, 6.45) is 5.31.